The van der Waals surface area contributed by atoms with Crippen LogP contribution in [0.5, 0.6) is 5.75 Å². The van der Waals surface area contributed by atoms with Crippen LogP contribution in [0.1, 0.15) is 56.8 Å². The highest BCUT2D eigenvalue weighted by molar-refractivity contribution is 5.85. The van der Waals surface area contributed by atoms with E-state index in [0.717, 1.165) is 44.0 Å². The number of rotatable bonds is 4. The fraction of sp³-hybridized carbons (Fsp3) is 0.524. The first-order chi connectivity index (χ1) is 12.9. The van der Waals surface area contributed by atoms with Crippen molar-refractivity contribution in [2.24, 2.45) is 0 Å². The van der Waals surface area contributed by atoms with Gasteiger partial charge in [-0.1, -0.05) is 25.9 Å². The van der Waals surface area contributed by atoms with Gasteiger partial charge in [0, 0.05) is 22.5 Å². The van der Waals surface area contributed by atoms with Crippen molar-refractivity contribution in [3.05, 3.63) is 41.7 Å². The number of aromatic nitrogens is 3. The normalized spacial score (nSPS) is 16.9. The quantitative estimate of drug-likeness (QED) is 0.746. The number of benzene rings is 1. The Balaban J connectivity index is 1.41. The van der Waals surface area contributed by atoms with E-state index in [1.54, 1.807) is 7.11 Å². The van der Waals surface area contributed by atoms with Crippen LogP contribution in [-0.2, 0) is 12.0 Å². The first-order valence-electron chi connectivity index (χ1n) is 9.64. The van der Waals surface area contributed by atoms with E-state index < -0.39 is 0 Å². The van der Waals surface area contributed by atoms with Crippen LogP contribution in [0.25, 0.3) is 10.9 Å². The van der Waals surface area contributed by atoms with Gasteiger partial charge in [-0.3, -0.25) is 4.90 Å². The van der Waals surface area contributed by atoms with Gasteiger partial charge in [0.15, 0.2) is 5.82 Å². The molecular weight excluding hydrogens is 340 g/mol. The van der Waals surface area contributed by atoms with E-state index in [0.29, 0.717) is 11.8 Å². The summed E-state index contributed by atoms with van der Waals surface area (Å²) in [5, 5.41) is 5.44. The van der Waals surface area contributed by atoms with Crippen molar-refractivity contribution < 1.29 is 9.26 Å². The van der Waals surface area contributed by atoms with Crippen molar-refractivity contribution in [1.29, 1.82) is 0 Å². The van der Waals surface area contributed by atoms with Gasteiger partial charge in [-0.05, 0) is 55.6 Å². The zero-order valence-corrected chi connectivity index (χ0v) is 16.6. The summed E-state index contributed by atoms with van der Waals surface area (Å²) in [7, 11) is 1.72. The minimum absolute atomic E-state index is 0.103. The van der Waals surface area contributed by atoms with Crippen LogP contribution in [-0.4, -0.2) is 40.2 Å². The summed E-state index contributed by atoms with van der Waals surface area (Å²) in [6.45, 7) is 9.11. The Hall–Kier alpha value is -2.34. The Kier molecular flexibility index (Phi) is 4.68. The molecule has 3 aromatic rings. The molecule has 0 amide bonds. The first-order valence-corrected chi connectivity index (χ1v) is 9.64. The van der Waals surface area contributed by atoms with Gasteiger partial charge in [-0.2, -0.15) is 4.98 Å². The number of likely N-dealkylation sites (tertiary alicyclic amines) is 1. The third-order valence-electron chi connectivity index (χ3n) is 5.42. The van der Waals surface area contributed by atoms with Crippen LogP contribution in [0.15, 0.2) is 28.9 Å². The maximum atomic E-state index is 5.42. The van der Waals surface area contributed by atoms with Gasteiger partial charge in [0.25, 0.3) is 0 Å². The molecule has 1 aliphatic heterocycles. The van der Waals surface area contributed by atoms with Gasteiger partial charge >= 0.3 is 0 Å². The molecule has 3 heterocycles. The van der Waals surface area contributed by atoms with Gasteiger partial charge in [-0.15, -0.1) is 0 Å². The fourth-order valence-corrected chi connectivity index (χ4v) is 3.81. The molecule has 0 bridgehead atoms. The van der Waals surface area contributed by atoms with Crippen LogP contribution in [0, 0.1) is 0 Å². The third-order valence-corrected chi connectivity index (χ3v) is 5.42. The molecule has 1 N–H and O–H groups in total. The lowest BCUT2D eigenvalue weighted by molar-refractivity contribution is 0.198. The third kappa shape index (κ3) is 3.72. The van der Waals surface area contributed by atoms with Crippen LogP contribution in [0.2, 0.25) is 0 Å². The molecule has 27 heavy (non-hydrogen) atoms. The van der Waals surface area contributed by atoms with Crippen LogP contribution >= 0.6 is 0 Å². The largest absolute Gasteiger partial charge is 0.497 e. The van der Waals surface area contributed by atoms with Crippen molar-refractivity contribution in [2.45, 2.75) is 51.5 Å². The molecule has 1 fully saturated rings. The maximum Gasteiger partial charge on any atom is 0.232 e. The van der Waals surface area contributed by atoms with E-state index in [4.69, 9.17) is 9.26 Å². The van der Waals surface area contributed by atoms with Crippen LogP contribution in [0.3, 0.4) is 0 Å². The van der Waals surface area contributed by atoms with E-state index >= 15 is 0 Å². The van der Waals surface area contributed by atoms with Gasteiger partial charge in [0.05, 0.1) is 13.7 Å². The smallest absolute Gasteiger partial charge is 0.232 e. The Labute approximate surface area is 159 Å². The molecule has 1 saturated heterocycles. The predicted molar refractivity (Wildman–Crippen MR) is 105 cm³/mol. The molecule has 0 aliphatic carbocycles. The Bertz CT molecular complexity index is 914. The summed E-state index contributed by atoms with van der Waals surface area (Å²) in [4.78, 5) is 10.4. The summed E-state index contributed by atoms with van der Waals surface area (Å²) >= 11 is 0. The van der Waals surface area contributed by atoms with Crippen molar-refractivity contribution in [2.75, 3.05) is 20.2 Å². The minimum atomic E-state index is -0.103. The highest BCUT2D eigenvalue weighted by Gasteiger charge is 2.26. The molecule has 1 aromatic carbocycles. The highest BCUT2D eigenvalue weighted by Crippen LogP contribution is 2.35. The maximum absolute atomic E-state index is 5.42. The second kappa shape index (κ2) is 7.00. The average Bonchev–Trinajstić information content (AvgIpc) is 3.28. The van der Waals surface area contributed by atoms with E-state index in [9.17, 15) is 0 Å². The number of methoxy groups -OCH3 is 1. The SMILES string of the molecule is COc1ccc2[nH]cc(C3CCN(Cc4noc(C(C)(C)C)n4)CC3)c2c1. The fourth-order valence-electron chi connectivity index (χ4n) is 3.81. The number of nitrogens with one attached hydrogen (secondary N) is 1. The molecule has 0 radical (unpaired) electrons. The molecule has 4 rings (SSSR count). The molecule has 0 spiro atoms. The molecule has 0 atom stereocenters. The van der Waals surface area contributed by atoms with E-state index in [-0.39, 0.29) is 5.41 Å². The molecular formula is C21H28N4O2. The van der Waals surface area contributed by atoms with Gasteiger partial charge in [0.1, 0.15) is 5.75 Å². The molecule has 144 valence electrons. The number of nitrogens with zero attached hydrogens (tertiary/aromatic N) is 3. The number of piperidine rings is 1. The molecule has 2 aromatic heterocycles. The van der Waals surface area contributed by atoms with Crippen molar-refractivity contribution in [1.82, 2.24) is 20.0 Å². The second-order valence-corrected chi connectivity index (χ2v) is 8.47. The van der Waals surface area contributed by atoms with Crippen molar-refractivity contribution >= 4 is 10.9 Å². The lowest BCUT2D eigenvalue weighted by atomic mass is 9.89. The summed E-state index contributed by atoms with van der Waals surface area (Å²) in [5.74, 6) is 2.97. The topological polar surface area (TPSA) is 67.2 Å². The number of hydrogen-bond acceptors (Lipinski definition) is 5. The van der Waals surface area contributed by atoms with Gasteiger partial charge in [0.2, 0.25) is 5.89 Å². The zero-order valence-electron chi connectivity index (χ0n) is 16.6. The highest BCUT2D eigenvalue weighted by atomic mass is 16.5. The summed E-state index contributed by atoms with van der Waals surface area (Å²) in [6, 6.07) is 6.23. The number of H-pyrrole nitrogens is 1. The molecule has 6 heteroatoms. The number of ether oxygens (including phenoxy) is 1. The molecule has 6 nitrogen and oxygen atoms in total. The van der Waals surface area contributed by atoms with E-state index in [1.165, 1.54) is 16.5 Å². The molecule has 0 saturated carbocycles. The monoisotopic (exact) mass is 368 g/mol. The van der Waals surface area contributed by atoms with Crippen molar-refractivity contribution in [3.63, 3.8) is 0 Å². The zero-order chi connectivity index (χ0) is 19.0. The second-order valence-electron chi connectivity index (χ2n) is 8.47. The van der Waals surface area contributed by atoms with Crippen molar-refractivity contribution in [3.8, 4) is 5.75 Å². The average molecular weight is 368 g/mol. The summed E-state index contributed by atoms with van der Waals surface area (Å²) in [5.41, 5.74) is 2.47. The Morgan fingerprint density at radius 2 is 2.04 bits per heavy atom. The Morgan fingerprint density at radius 1 is 1.26 bits per heavy atom. The van der Waals surface area contributed by atoms with E-state index in [1.807, 2.05) is 6.07 Å². The van der Waals surface area contributed by atoms with Crippen LogP contribution in [0.4, 0.5) is 0 Å². The minimum Gasteiger partial charge on any atom is -0.497 e. The van der Waals surface area contributed by atoms with Crippen LogP contribution < -0.4 is 4.74 Å². The molecule has 0 unspecified atom stereocenters. The predicted octanol–water partition coefficient (Wildman–Crippen LogP) is 4.24. The summed E-state index contributed by atoms with van der Waals surface area (Å²) < 4.78 is 10.8. The molecule has 1 aliphatic rings. The van der Waals surface area contributed by atoms with E-state index in [2.05, 4.69) is 59.1 Å². The lowest BCUT2D eigenvalue weighted by Crippen LogP contribution is -2.32. The first kappa shape index (κ1) is 18.0. The standard InChI is InChI=1S/C21H28N4O2/c1-21(2,3)20-23-19(24-27-20)13-25-9-7-14(8-10-25)17-12-22-18-6-5-15(26-4)11-16(17)18/h5-6,11-12,14,22H,7-10,13H2,1-4H3. The number of aromatic amines is 1. The van der Waals surface area contributed by atoms with Gasteiger partial charge < -0.3 is 14.2 Å². The number of hydrogen-bond donors (Lipinski definition) is 1. The summed E-state index contributed by atoms with van der Waals surface area (Å²) in [6.07, 6.45) is 4.43. The lowest BCUT2D eigenvalue weighted by Gasteiger charge is -2.31. The Morgan fingerprint density at radius 3 is 2.70 bits per heavy atom. The number of fused-ring (bicyclic) bond motifs is 1. The van der Waals surface area contributed by atoms with Gasteiger partial charge in [-0.25, -0.2) is 0 Å².